The van der Waals surface area contributed by atoms with E-state index in [0.717, 1.165) is 50.1 Å². The van der Waals surface area contributed by atoms with Crippen LogP contribution in [0.3, 0.4) is 0 Å². The van der Waals surface area contributed by atoms with Crippen molar-refractivity contribution in [2.45, 2.75) is 0 Å². The van der Waals surface area contributed by atoms with Crippen molar-refractivity contribution < 1.29 is 4.42 Å². The normalized spacial score (nSPS) is 11.7. The summed E-state index contributed by atoms with van der Waals surface area (Å²) in [5.41, 5.74) is 9.60. The molecule has 0 radical (unpaired) electrons. The van der Waals surface area contributed by atoms with Crippen LogP contribution in [0.4, 0.5) is 17.1 Å². The van der Waals surface area contributed by atoms with Crippen LogP contribution in [0, 0.1) is 0 Å². The van der Waals surface area contributed by atoms with Crippen LogP contribution in [0.15, 0.2) is 205 Å². The molecule has 0 N–H and O–H groups in total. The molecule has 0 fully saturated rings. The summed E-state index contributed by atoms with van der Waals surface area (Å²) < 4.78 is 6.86. The van der Waals surface area contributed by atoms with E-state index in [1.165, 1.54) is 54.2 Å². The Balaban J connectivity index is 1.16. The summed E-state index contributed by atoms with van der Waals surface area (Å²) in [5.74, 6) is 0. The fourth-order valence-electron chi connectivity index (χ4n) is 8.40. The number of hydrogen-bond donors (Lipinski definition) is 0. The lowest BCUT2D eigenvalue weighted by molar-refractivity contribution is 0.670. The van der Waals surface area contributed by atoms with Gasteiger partial charge in [0.15, 0.2) is 0 Å². The number of anilines is 3. The summed E-state index contributed by atoms with van der Waals surface area (Å²) in [6.07, 6.45) is 0. The Labute approximate surface area is 312 Å². The topological polar surface area (TPSA) is 16.4 Å². The Morgan fingerprint density at radius 1 is 0.333 bits per heavy atom. The second-order valence-electron chi connectivity index (χ2n) is 14.1. The van der Waals surface area contributed by atoms with E-state index in [2.05, 4.69) is 205 Å². The molecule has 2 nitrogen and oxygen atoms in total. The lowest BCUT2D eigenvalue weighted by Crippen LogP contribution is -2.10. The number of benzene rings is 10. The summed E-state index contributed by atoms with van der Waals surface area (Å²) in [6, 6.07) is 72.3. The van der Waals surface area contributed by atoms with Crippen LogP contribution in [-0.2, 0) is 0 Å². The molecule has 11 rings (SSSR count). The van der Waals surface area contributed by atoms with E-state index in [0.29, 0.717) is 0 Å². The van der Waals surface area contributed by atoms with Crippen molar-refractivity contribution in [2.24, 2.45) is 0 Å². The van der Waals surface area contributed by atoms with E-state index in [4.69, 9.17) is 4.42 Å². The summed E-state index contributed by atoms with van der Waals surface area (Å²) >= 11 is 0. The van der Waals surface area contributed by atoms with Crippen LogP contribution in [0.2, 0.25) is 0 Å². The van der Waals surface area contributed by atoms with Crippen LogP contribution in [0.1, 0.15) is 0 Å². The standard InChI is InChI=1S/C52H33NO/c1-2-13-39-32-40(23-20-34(39)10-1)35-24-27-41(28-25-35)53(42-29-26-38-22-21-37-12-4-6-16-44(37)48(38)33-42)49-31-30-46(45-18-9-14-36-11-3-5-15-43(36)45)52-51(49)47-17-7-8-19-50(47)54-52/h1-33H. The van der Waals surface area contributed by atoms with E-state index >= 15 is 0 Å². The highest BCUT2D eigenvalue weighted by Crippen LogP contribution is 2.47. The van der Waals surface area contributed by atoms with E-state index in [1.807, 2.05) is 0 Å². The van der Waals surface area contributed by atoms with Crippen LogP contribution >= 0.6 is 0 Å². The van der Waals surface area contributed by atoms with E-state index in [9.17, 15) is 0 Å². The summed E-state index contributed by atoms with van der Waals surface area (Å²) in [6.45, 7) is 0. The third kappa shape index (κ3) is 4.88. The molecule has 1 aromatic heterocycles. The Hall–Kier alpha value is -7.16. The number of nitrogens with zero attached hydrogens (tertiary/aromatic N) is 1. The van der Waals surface area contributed by atoms with Crippen LogP contribution < -0.4 is 4.90 Å². The molecule has 0 bridgehead atoms. The first kappa shape index (κ1) is 30.5. The molecule has 0 amide bonds. The maximum absolute atomic E-state index is 6.86. The highest BCUT2D eigenvalue weighted by atomic mass is 16.3. The van der Waals surface area contributed by atoms with E-state index < -0.39 is 0 Å². The predicted octanol–water partition coefficient (Wildman–Crippen LogP) is 15.0. The lowest BCUT2D eigenvalue weighted by Gasteiger charge is -2.27. The molecule has 0 unspecified atom stereocenters. The average Bonchev–Trinajstić information content (AvgIpc) is 3.64. The fraction of sp³-hybridized carbons (Fsp3) is 0. The van der Waals surface area contributed by atoms with Gasteiger partial charge in [0, 0.05) is 22.3 Å². The first-order chi connectivity index (χ1) is 26.8. The number of furan rings is 1. The van der Waals surface area contributed by atoms with Gasteiger partial charge in [-0.15, -0.1) is 0 Å². The molecule has 2 heteroatoms. The zero-order chi connectivity index (χ0) is 35.6. The van der Waals surface area contributed by atoms with Gasteiger partial charge in [-0.3, -0.25) is 0 Å². The number of para-hydroxylation sites is 1. The third-order valence-corrected chi connectivity index (χ3v) is 11.0. The summed E-state index contributed by atoms with van der Waals surface area (Å²) in [4.78, 5) is 2.41. The van der Waals surface area contributed by atoms with Crippen molar-refractivity contribution in [3.63, 3.8) is 0 Å². The van der Waals surface area contributed by atoms with Gasteiger partial charge < -0.3 is 9.32 Å². The number of hydrogen-bond acceptors (Lipinski definition) is 2. The fourth-order valence-corrected chi connectivity index (χ4v) is 8.40. The van der Waals surface area contributed by atoms with Crippen molar-refractivity contribution in [1.29, 1.82) is 0 Å². The molecule has 10 aromatic carbocycles. The van der Waals surface area contributed by atoms with Gasteiger partial charge in [-0.2, -0.15) is 0 Å². The molecular formula is C52H33NO. The molecule has 0 aliphatic rings. The molecule has 0 saturated carbocycles. The second kappa shape index (κ2) is 12.2. The predicted molar refractivity (Wildman–Crippen MR) is 229 cm³/mol. The summed E-state index contributed by atoms with van der Waals surface area (Å²) in [7, 11) is 0. The second-order valence-corrected chi connectivity index (χ2v) is 14.1. The van der Waals surface area contributed by atoms with Gasteiger partial charge in [-0.05, 0) is 108 Å². The largest absolute Gasteiger partial charge is 0.455 e. The molecule has 0 aliphatic heterocycles. The molecular weight excluding hydrogens is 655 g/mol. The lowest BCUT2D eigenvalue weighted by atomic mass is 9.95. The van der Waals surface area contributed by atoms with E-state index in [1.54, 1.807) is 0 Å². The van der Waals surface area contributed by atoms with E-state index in [-0.39, 0.29) is 0 Å². The number of rotatable bonds is 5. The maximum Gasteiger partial charge on any atom is 0.145 e. The van der Waals surface area contributed by atoms with Crippen molar-refractivity contribution in [1.82, 2.24) is 0 Å². The smallest absolute Gasteiger partial charge is 0.145 e. The highest BCUT2D eigenvalue weighted by Gasteiger charge is 2.23. The molecule has 1 heterocycles. The minimum absolute atomic E-state index is 0.873. The van der Waals surface area contributed by atoms with Gasteiger partial charge in [0.1, 0.15) is 11.2 Å². The average molecular weight is 688 g/mol. The molecule has 11 aromatic rings. The van der Waals surface area contributed by atoms with Crippen LogP contribution in [-0.4, -0.2) is 0 Å². The first-order valence-corrected chi connectivity index (χ1v) is 18.5. The van der Waals surface area contributed by atoms with Gasteiger partial charge in [0.25, 0.3) is 0 Å². The van der Waals surface area contributed by atoms with Gasteiger partial charge in [-0.25, -0.2) is 0 Å². The van der Waals surface area contributed by atoms with Gasteiger partial charge in [0.2, 0.25) is 0 Å². The zero-order valence-corrected chi connectivity index (χ0v) is 29.4. The van der Waals surface area contributed by atoms with Gasteiger partial charge >= 0.3 is 0 Å². The number of fused-ring (bicyclic) bond motifs is 8. The van der Waals surface area contributed by atoms with Crippen molar-refractivity contribution in [3.05, 3.63) is 200 Å². The Bertz CT molecular complexity index is 3220. The Morgan fingerprint density at radius 2 is 0.926 bits per heavy atom. The molecule has 0 atom stereocenters. The minimum Gasteiger partial charge on any atom is -0.455 e. The van der Waals surface area contributed by atoms with Crippen LogP contribution in [0.25, 0.3) is 87.3 Å². The Morgan fingerprint density at radius 3 is 1.76 bits per heavy atom. The van der Waals surface area contributed by atoms with Gasteiger partial charge in [-0.1, -0.05) is 152 Å². The first-order valence-electron chi connectivity index (χ1n) is 18.5. The van der Waals surface area contributed by atoms with Crippen molar-refractivity contribution in [2.75, 3.05) is 4.90 Å². The third-order valence-electron chi connectivity index (χ3n) is 11.0. The molecule has 0 saturated heterocycles. The SMILES string of the molecule is c1ccc2cc(-c3ccc(N(c4ccc5ccc6ccccc6c5c4)c4ccc(-c5cccc6ccccc56)c5oc6ccccc6c45)cc3)ccc2c1. The molecule has 252 valence electrons. The maximum atomic E-state index is 6.86. The van der Waals surface area contributed by atoms with Crippen LogP contribution in [0.5, 0.6) is 0 Å². The van der Waals surface area contributed by atoms with Crippen molar-refractivity contribution in [3.8, 4) is 22.3 Å². The van der Waals surface area contributed by atoms with Gasteiger partial charge in [0.05, 0.1) is 11.1 Å². The molecule has 54 heavy (non-hydrogen) atoms. The Kier molecular flexibility index (Phi) is 6.90. The monoisotopic (exact) mass is 687 g/mol. The quantitative estimate of drug-likeness (QED) is 0.168. The zero-order valence-electron chi connectivity index (χ0n) is 29.4. The van der Waals surface area contributed by atoms with Crippen molar-refractivity contribution >= 4 is 82.1 Å². The highest BCUT2D eigenvalue weighted by molar-refractivity contribution is 6.19. The minimum atomic E-state index is 0.873. The molecule has 0 aliphatic carbocycles. The summed E-state index contributed by atoms with van der Waals surface area (Å²) in [5, 5.41) is 12.0. The molecule has 0 spiro atoms.